The van der Waals surface area contributed by atoms with Crippen molar-refractivity contribution in [1.29, 1.82) is 0 Å². The third kappa shape index (κ3) is 4.53. The predicted octanol–water partition coefficient (Wildman–Crippen LogP) is 3.80. The molecule has 2 N–H and O–H groups in total. The Morgan fingerprint density at radius 2 is 1.58 bits per heavy atom. The van der Waals surface area contributed by atoms with Gasteiger partial charge in [-0.05, 0) is 42.4 Å². The molecule has 2 aromatic rings. The van der Waals surface area contributed by atoms with Gasteiger partial charge in [0.15, 0.2) is 6.04 Å². The van der Waals surface area contributed by atoms with Crippen LogP contribution in [0.15, 0.2) is 54.6 Å². The van der Waals surface area contributed by atoms with Gasteiger partial charge in [-0.15, -0.1) is 0 Å². The van der Waals surface area contributed by atoms with E-state index >= 15 is 0 Å². The zero-order valence-corrected chi connectivity index (χ0v) is 16.2. The molecule has 1 atom stereocenters. The van der Waals surface area contributed by atoms with Gasteiger partial charge in [-0.3, -0.25) is 4.79 Å². The number of nitrogens with one attached hydrogen (secondary N) is 2. The largest absolute Gasteiger partial charge is 0.321 e. The second kappa shape index (κ2) is 8.50. The highest BCUT2D eigenvalue weighted by Gasteiger charge is 2.33. The highest BCUT2D eigenvalue weighted by molar-refractivity contribution is 5.94. The van der Waals surface area contributed by atoms with Crippen LogP contribution in [0.25, 0.3) is 0 Å². The minimum Gasteiger partial charge on any atom is -0.321 e. The molecule has 2 aromatic carbocycles. The first-order valence-electron chi connectivity index (χ1n) is 9.85. The second-order valence-electron chi connectivity index (χ2n) is 7.95. The van der Waals surface area contributed by atoms with E-state index in [9.17, 15) is 4.79 Å². The van der Waals surface area contributed by atoms with Crippen LogP contribution in [0.1, 0.15) is 56.7 Å². The van der Waals surface area contributed by atoms with Crippen molar-refractivity contribution in [3.63, 3.8) is 0 Å². The first-order valence-corrected chi connectivity index (χ1v) is 9.85. The van der Waals surface area contributed by atoms with Crippen molar-refractivity contribution in [2.45, 2.75) is 45.6 Å². The molecule has 3 heteroatoms. The molecule has 0 radical (unpaired) electrons. The molecule has 3 rings (SSSR count). The maximum Gasteiger partial charge on any atom is 0.287 e. The molecule has 1 aliphatic rings. The summed E-state index contributed by atoms with van der Waals surface area (Å²) in [5.74, 6) is 1.36. The molecule has 3 nitrogen and oxygen atoms in total. The minimum atomic E-state index is -0.145. The van der Waals surface area contributed by atoms with Crippen molar-refractivity contribution >= 4 is 11.6 Å². The van der Waals surface area contributed by atoms with Crippen LogP contribution in [0, 0.1) is 5.92 Å². The SMILES string of the molecule is CC1CC[NH+](C(C(=O)Nc2ccc(C(C)C)cc2)c2ccccc2)CC1. The normalized spacial score (nSPS) is 21.4. The minimum absolute atomic E-state index is 0.0954. The smallest absolute Gasteiger partial charge is 0.287 e. The maximum absolute atomic E-state index is 13.2. The molecule has 1 aliphatic heterocycles. The average Bonchev–Trinajstić information content (AvgIpc) is 2.65. The van der Waals surface area contributed by atoms with Crippen LogP contribution in [0.2, 0.25) is 0 Å². The Morgan fingerprint density at radius 1 is 0.962 bits per heavy atom. The molecule has 0 bridgehead atoms. The van der Waals surface area contributed by atoms with Crippen molar-refractivity contribution in [1.82, 2.24) is 0 Å². The van der Waals surface area contributed by atoms with Crippen molar-refractivity contribution in [2.75, 3.05) is 18.4 Å². The van der Waals surface area contributed by atoms with E-state index in [1.807, 2.05) is 30.3 Å². The summed E-state index contributed by atoms with van der Waals surface area (Å²) in [5.41, 5.74) is 3.27. The third-order valence-electron chi connectivity index (χ3n) is 5.56. The van der Waals surface area contributed by atoms with Gasteiger partial charge in [-0.2, -0.15) is 0 Å². The van der Waals surface area contributed by atoms with Crippen molar-refractivity contribution < 1.29 is 9.69 Å². The van der Waals surface area contributed by atoms with Crippen LogP contribution in [0.4, 0.5) is 5.69 Å². The van der Waals surface area contributed by atoms with Crippen LogP contribution < -0.4 is 10.2 Å². The maximum atomic E-state index is 13.2. The number of likely N-dealkylation sites (tertiary alicyclic amines) is 1. The number of piperidine rings is 1. The highest BCUT2D eigenvalue weighted by atomic mass is 16.2. The molecule has 0 saturated carbocycles. The number of hydrogen-bond acceptors (Lipinski definition) is 1. The number of hydrogen-bond donors (Lipinski definition) is 2. The Kier molecular flexibility index (Phi) is 6.10. The van der Waals surface area contributed by atoms with Crippen LogP contribution in [0.5, 0.6) is 0 Å². The van der Waals surface area contributed by atoms with E-state index in [2.05, 4.69) is 50.4 Å². The molecule has 1 unspecified atom stereocenters. The quantitative estimate of drug-likeness (QED) is 0.844. The number of rotatable bonds is 5. The van der Waals surface area contributed by atoms with E-state index in [4.69, 9.17) is 0 Å². The van der Waals surface area contributed by atoms with Crippen LogP contribution in [0.3, 0.4) is 0 Å². The Morgan fingerprint density at radius 3 is 2.15 bits per heavy atom. The topological polar surface area (TPSA) is 33.5 Å². The fourth-order valence-electron chi connectivity index (χ4n) is 3.81. The number of anilines is 1. The molecular formula is C23H31N2O+. The lowest BCUT2D eigenvalue weighted by Crippen LogP contribution is -3.14. The Bertz CT molecular complexity index is 701. The van der Waals surface area contributed by atoms with Gasteiger partial charge in [0.2, 0.25) is 0 Å². The zero-order chi connectivity index (χ0) is 18.5. The molecule has 1 fully saturated rings. The molecule has 26 heavy (non-hydrogen) atoms. The van der Waals surface area contributed by atoms with E-state index < -0.39 is 0 Å². The molecule has 0 aromatic heterocycles. The number of quaternary nitrogens is 1. The van der Waals surface area contributed by atoms with Gasteiger partial charge in [0.25, 0.3) is 5.91 Å². The first kappa shape index (κ1) is 18.7. The van der Waals surface area contributed by atoms with E-state index in [0.717, 1.165) is 30.3 Å². The van der Waals surface area contributed by atoms with Gasteiger partial charge in [0, 0.05) is 11.3 Å². The van der Waals surface area contributed by atoms with Gasteiger partial charge >= 0.3 is 0 Å². The number of carbonyl (C=O) groups excluding carboxylic acids is 1. The fourth-order valence-corrected chi connectivity index (χ4v) is 3.81. The van der Waals surface area contributed by atoms with E-state index in [1.54, 1.807) is 0 Å². The molecule has 138 valence electrons. The average molecular weight is 352 g/mol. The Hall–Kier alpha value is -2.13. The van der Waals surface area contributed by atoms with Gasteiger partial charge in [0.1, 0.15) is 0 Å². The summed E-state index contributed by atoms with van der Waals surface area (Å²) in [7, 11) is 0. The monoisotopic (exact) mass is 351 g/mol. The standard InChI is InChI=1S/C23H30N2O/c1-17(2)19-9-11-21(12-10-19)24-23(26)22(20-7-5-4-6-8-20)25-15-13-18(3)14-16-25/h4-12,17-18,22H,13-16H2,1-3H3,(H,24,26)/p+1. The molecule has 0 spiro atoms. The van der Waals surface area contributed by atoms with Gasteiger partial charge < -0.3 is 10.2 Å². The fraction of sp³-hybridized carbons (Fsp3) is 0.435. The second-order valence-corrected chi connectivity index (χ2v) is 7.95. The van der Waals surface area contributed by atoms with Crippen molar-refractivity contribution in [3.05, 3.63) is 65.7 Å². The molecule has 1 amide bonds. The summed E-state index contributed by atoms with van der Waals surface area (Å²) in [6.45, 7) is 8.78. The predicted molar refractivity (Wildman–Crippen MR) is 107 cm³/mol. The molecule has 1 heterocycles. The lowest BCUT2D eigenvalue weighted by atomic mass is 9.95. The summed E-state index contributed by atoms with van der Waals surface area (Å²) in [6, 6.07) is 18.3. The van der Waals surface area contributed by atoms with Gasteiger partial charge in [0.05, 0.1) is 13.1 Å². The van der Waals surface area contributed by atoms with Crippen LogP contribution >= 0.6 is 0 Å². The first-order chi connectivity index (χ1) is 12.5. The number of benzene rings is 2. The van der Waals surface area contributed by atoms with Crippen molar-refractivity contribution in [2.24, 2.45) is 5.92 Å². The van der Waals surface area contributed by atoms with Crippen LogP contribution in [-0.4, -0.2) is 19.0 Å². The Labute approximate surface area is 157 Å². The van der Waals surface area contributed by atoms with E-state index in [0.29, 0.717) is 5.92 Å². The number of amides is 1. The molecule has 1 saturated heterocycles. The van der Waals surface area contributed by atoms with Gasteiger partial charge in [-0.25, -0.2) is 0 Å². The summed E-state index contributed by atoms with van der Waals surface area (Å²) >= 11 is 0. The highest BCUT2D eigenvalue weighted by Crippen LogP contribution is 2.19. The van der Waals surface area contributed by atoms with E-state index in [1.165, 1.54) is 23.3 Å². The van der Waals surface area contributed by atoms with Crippen molar-refractivity contribution in [3.8, 4) is 0 Å². The zero-order valence-electron chi connectivity index (χ0n) is 16.2. The third-order valence-corrected chi connectivity index (χ3v) is 5.56. The lowest BCUT2D eigenvalue weighted by molar-refractivity contribution is -0.927. The summed E-state index contributed by atoms with van der Waals surface area (Å²) in [5, 5.41) is 3.16. The Balaban J connectivity index is 1.78. The molecule has 0 aliphatic carbocycles. The van der Waals surface area contributed by atoms with E-state index in [-0.39, 0.29) is 11.9 Å². The summed E-state index contributed by atoms with van der Waals surface area (Å²) < 4.78 is 0. The summed E-state index contributed by atoms with van der Waals surface area (Å²) in [4.78, 5) is 14.6. The van der Waals surface area contributed by atoms with Crippen LogP contribution in [-0.2, 0) is 4.79 Å². The summed E-state index contributed by atoms with van der Waals surface area (Å²) in [6.07, 6.45) is 2.38. The lowest BCUT2D eigenvalue weighted by Gasteiger charge is -2.33. The van der Waals surface area contributed by atoms with Gasteiger partial charge in [-0.1, -0.05) is 63.2 Å². The number of carbonyl (C=O) groups is 1. The molecular weight excluding hydrogens is 320 g/mol.